The maximum atomic E-state index is 14.3. The molecule has 2 fully saturated rings. The molecular weight excluding hydrogens is 530 g/mol. The van der Waals surface area contributed by atoms with Crippen LogP contribution in [0.5, 0.6) is 0 Å². The van der Waals surface area contributed by atoms with E-state index in [4.69, 9.17) is 16.7 Å². The molecule has 3 aromatic carbocycles. The normalized spacial score (nSPS) is 24.5. The van der Waals surface area contributed by atoms with E-state index in [0.717, 1.165) is 41.7 Å². The number of amides is 1. The quantitative estimate of drug-likeness (QED) is 0.367. The van der Waals surface area contributed by atoms with Crippen molar-refractivity contribution in [3.63, 3.8) is 0 Å². The monoisotopic (exact) mass is 559 g/mol. The van der Waals surface area contributed by atoms with Crippen molar-refractivity contribution in [2.75, 3.05) is 6.54 Å². The van der Waals surface area contributed by atoms with Gasteiger partial charge in [-0.15, -0.1) is 0 Å². The number of rotatable bonds is 5. The van der Waals surface area contributed by atoms with Gasteiger partial charge in [-0.1, -0.05) is 72.3 Å². The van der Waals surface area contributed by atoms with Gasteiger partial charge in [0.15, 0.2) is 0 Å². The van der Waals surface area contributed by atoms with Gasteiger partial charge in [-0.25, -0.2) is 13.4 Å². The van der Waals surface area contributed by atoms with E-state index >= 15 is 0 Å². The van der Waals surface area contributed by atoms with Crippen molar-refractivity contribution in [1.82, 2.24) is 9.31 Å². The predicted octanol–water partition coefficient (Wildman–Crippen LogP) is 6.32. The van der Waals surface area contributed by atoms with E-state index in [2.05, 4.69) is 18.2 Å². The first-order chi connectivity index (χ1) is 18.9. The van der Waals surface area contributed by atoms with Crippen LogP contribution in [-0.4, -0.2) is 41.9 Å². The van der Waals surface area contributed by atoms with Gasteiger partial charge in [-0.2, -0.15) is 9.41 Å². The van der Waals surface area contributed by atoms with Crippen LogP contribution in [-0.2, 0) is 14.8 Å². The Hall–Kier alpha value is -3.26. The highest BCUT2D eigenvalue weighted by atomic mass is 35.5. The first-order valence-corrected chi connectivity index (χ1v) is 15.3. The highest BCUT2D eigenvalue weighted by Gasteiger charge is 2.48. The number of fused-ring (bicyclic) bond motifs is 1. The fraction of sp³-hybridized carbons (Fsp3) is 0.290. The van der Waals surface area contributed by atoms with Gasteiger partial charge in [-0.05, 0) is 79.1 Å². The first-order valence-electron chi connectivity index (χ1n) is 13.4. The molecule has 0 spiro atoms. The minimum Gasteiger partial charge on any atom is -0.271 e. The summed E-state index contributed by atoms with van der Waals surface area (Å²) in [4.78, 5) is 14.4. The number of carbonyl (C=O) groups is 1. The minimum absolute atomic E-state index is 0.0581. The molecule has 1 saturated carbocycles. The Morgan fingerprint density at radius 1 is 0.897 bits per heavy atom. The Kier molecular flexibility index (Phi) is 7.14. The number of benzene rings is 3. The second kappa shape index (κ2) is 10.7. The van der Waals surface area contributed by atoms with E-state index in [1.807, 2.05) is 48.5 Å². The summed E-state index contributed by atoms with van der Waals surface area (Å²) < 4.78 is 28.6. The summed E-state index contributed by atoms with van der Waals surface area (Å²) in [6.45, 7) is 0.296. The zero-order chi connectivity index (χ0) is 27.0. The molecule has 2 aliphatic heterocycles. The number of hydrogen-bond acceptors (Lipinski definition) is 4. The lowest BCUT2D eigenvalue weighted by Gasteiger charge is -2.32. The Morgan fingerprint density at radius 3 is 2.31 bits per heavy atom. The SMILES string of the molecule is O=C(C1CCCN1S(=O)(=O)c1ccc(Cl)cc1)N1N=C2/C(=C\c3ccccc3)CCCC2C1c1ccccc1. The maximum absolute atomic E-state index is 14.3. The second-order valence-electron chi connectivity index (χ2n) is 10.3. The summed E-state index contributed by atoms with van der Waals surface area (Å²) >= 11 is 6.00. The number of carbonyl (C=O) groups excluding carboxylic acids is 1. The molecule has 0 bridgehead atoms. The largest absolute Gasteiger partial charge is 0.271 e. The van der Waals surface area contributed by atoms with Crippen molar-refractivity contribution in [2.45, 2.75) is 49.1 Å². The van der Waals surface area contributed by atoms with Crippen LogP contribution in [0.1, 0.15) is 49.3 Å². The lowest BCUT2D eigenvalue weighted by molar-refractivity contribution is -0.137. The van der Waals surface area contributed by atoms with Crippen LogP contribution < -0.4 is 0 Å². The lowest BCUT2D eigenvalue weighted by Crippen LogP contribution is -2.46. The first kappa shape index (κ1) is 26.0. The number of halogens is 1. The minimum atomic E-state index is -3.87. The number of hydrogen-bond donors (Lipinski definition) is 0. The highest BCUT2D eigenvalue weighted by Crippen LogP contribution is 2.45. The Balaban J connectivity index is 1.38. The molecule has 200 valence electrons. The van der Waals surface area contributed by atoms with Crippen LogP contribution in [0.25, 0.3) is 6.08 Å². The van der Waals surface area contributed by atoms with Crippen LogP contribution in [0, 0.1) is 5.92 Å². The molecule has 0 N–H and O–H groups in total. The van der Waals surface area contributed by atoms with Crippen molar-refractivity contribution < 1.29 is 13.2 Å². The summed E-state index contributed by atoms with van der Waals surface area (Å²) in [5.41, 5.74) is 4.21. The molecule has 6 rings (SSSR count). The van der Waals surface area contributed by atoms with Crippen molar-refractivity contribution >= 4 is 39.3 Å². The van der Waals surface area contributed by atoms with Gasteiger partial charge in [0.1, 0.15) is 6.04 Å². The molecule has 3 aliphatic rings. The summed E-state index contributed by atoms with van der Waals surface area (Å²) in [5, 5.41) is 7.04. The standard InChI is InChI=1S/C31H30ClN3O3S/c32-25-16-18-26(19-17-25)39(37,38)34-20-8-15-28(34)31(36)35-30(23-11-5-2-6-12-23)27-14-7-13-24(29(27)33-35)21-22-9-3-1-4-10-22/h1-6,9-12,16-19,21,27-28,30H,7-8,13-15,20H2/b24-21-. The number of allylic oxidation sites excluding steroid dienone is 1. The van der Waals surface area contributed by atoms with Crippen LogP contribution in [0.4, 0.5) is 0 Å². The van der Waals surface area contributed by atoms with Gasteiger partial charge in [-0.3, -0.25) is 4.79 Å². The third-order valence-corrected chi connectivity index (χ3v) is 10.1. The fourth-order valence-electron chi connectivity index (χ4n) is 6.09. The average molecular weight is 560 g/mol. The average Bonchev–Trinajstić information content (AvgIpc) is 3.61. The van der Waals surface area contributed by atoms with Gasteiger partial charge < -0.3 is 0 Å². The zero-order valence-corrected chi connectivity index (χ0v) is 23.1. The third kappa shape index (κ3) is 4.95. The van der Waals surface area contributed by atoms with E-state index in [1.54, 1.807) is 17.1 Å². The molecule has 39 heavy (non-hydrogen) atoms. The summed E-state index contributed by atoms with van der Waals surface area (Å²) in [6, 6.07) is 25.2. The molecule has 1 aliphatic carbocycles. The Labute approximate surface area is 234 Å². The van der Waals surface area contributed by atoms with Gasteiger partial charge in [0, 0.05) is 17.5 Å². The van der Waals surface area contributed by atoms with E-state index in [0.29, 0.717) is 24.4 Å². The van der Waals surface area contributed by atoms with E-state index in [1.165, 1.54) is 16.4 Å². The molecular formula is C31H30ClN3O3S. The van der Waals surface area contributed by atoms with Crippen LogP contribution >= 0.6 is 11.6 Å². The van der Waals surface area contributed by atoms with Crippen molar-refractivity contribution in [3.05, 3.63) is 107 Å². The predicted molar refractivity (Wildman–Crippen MR) is 154 cm³/mol. The zero-order valence-electron chi connectivity index (χ0n) is 21.5. The van der Waals surface area contributed by atoms with Gasteiger partial charge in [0.25, 0.3) is 5.91 Å². The molecule has 0 aromatic heterocycles. The highest BCUT2D eigenvalue weighted by molar-refractivity contribution is 7.89. The van der Waals surface area contributed by atoms with E-state index in [9.17, 15) is 13.2 Å². The van der Waals surface area contributed by atoms with E-state index < -0.39 is 16.1 Å². The van der Waals surface area contributed by atoms with Crippen LogP contribution in [0.3, 0.4) is 0 Å². The van der Waals surface area contributed by atoms with Crippen LogP contribution in [0.15, 0.2) is 100 Å². The number of hydrazone groups is 1. The summed E-state index contributed by atoms with van der Waals surface area (Å²) in [6.07, 6.45) is 6.08. The molecule has 6 nitrogen and oxygen atoms in total. The molecule has 1 saturated heterocycles. The van der Waals surface area contributed by atoms with Crippen molar-refractivity contribution in [1.29, 1.82) is 0 Å². The van der Waals surface area contributed by atoms with Crippen molar-refractivity contribution in [2.24, 2.45) is 11.0 Å². The van der Waals surface area contributed by atoms with Gasteiger partial charge in [0.2, 0.25) is 10.0 Å². The molecule has 1 amide bonds. The van der Waals surface area contributed by atoms with Crippen LogP contribution in [0.2, 0.25) is 5.02 Å². The molecule has 0 radical (unpaired) electrons. The Morgan fingerprint density at radius 2 is 1.59 bits per heavy atom. The topological polar surface area (TPSA) is 70.1 Å². The summed E-state index contributed by atoms with van der Waals surface area (Å²) in [7, 11) is -3.87. The molecule has 3 aromatic rings. The number of sulfonamides is 1. The molecule has 2 heterocycles. The smallest absolute Gasteiger partial charge is 0.261 e. The van der Waals surface area contributed by atoms with E-state index in [-0.39, 0.29) is 22.8 Å². The lowest BCUT2D eigenvalue weighted by atomic mass is 9.77. The van der Waals surface area contributed by atoms with Gasteiger partial charge >= 0.3 is 0 Å². The van der Waals surface area contributed by atoms with Crippen molar-refractivity contribution in [3.8, 4) is 0 Å². The Bertz CT molecular complexity index is 1520. The third-order valence-electron chi connectivity index (χ3n) is 7.92. The summed E-state index contributed by atoms with van der Waals surface area (Å²) in [5.74, 6) is -0.206. The fourth-order valence-corrected chi connectivity index (χ4v) is 7.86. The van der Waals surface area contributed by atoms with Gasteiger partial charge in [0.05, 0.1) is 16.6 Å². The second-order valence-corrected chi connectivity index (χ2v) is 12.7. The molecule has 3 atom stereocenters. The number of nitrogens with zero attached hydrogens (tertiary/aromatic N) is 3. The maximum Gasteiger partial charge on any atom is 0.261 e. The molecule has 3 unspecified atom stereocenters. The molecule has 8 heteroatoms.